The van der Waals surface area contributed by atoms with Gasteiger partial charge in [-0.25, -0.2) is 0 Å². The molecule has 150 valence electrons. The van der Waals surface area contributed by atoms with Crippen molar-refractivity contribution >= 4 is 28.9 Å². The molecule has 2 N–H and O–H groups in total. The average molecular weight is 405 g/mol. The number of fused-ring (bicyclic) bond motifs is 1. The van der Waals surface area contributed by atoms with E-state index in [1.165, 1.54) is 0 Å². The van der Waals surface area contributed by atoms with E-state index in [0.717, 1.165) is 23.4 Å². The fourth-order valence-electron chi connectivity index (χ4n) is 3.14. The summed E-state index contributed by atoms with van der Waals surface area (Å²) in [5.74, 6) is 1.85. The molecule has 0 saturated carbocycles. The van der Waals surface area contributed by atoms with E-state index >= 15 is 0 Å². The zero-order valence-electron chi connectivity index (χ0n) is 16.5. The predicted molar refractivity (Wildman–Crippen MR) is 111 cm³/mol. The number of carbonyl (C=O) groups excluding carboxylic acids is 1. The summed E-state index contributed by atoms with van der Waals surface area (Å²) in [7, 11) is 1.54. The molecule has 0 saturated heterocycles. The molecule has 1 heterocycles. The SMILES string of the molecule is CCOc1cc2c(cc1N[C@H](C)C(=O)Nc1cc(Cl)ccc1OC)O[C@@H](C)C2. The Morgan fingerprint density at radius 2 is 2.07 bits per heavy atom. The molecule has 1 aliphatic heterocycles. The number of hydrogen-bond acceptors (Lipinski definition) is 5. The van der Waals surface area contributed by atoms with Crippen LogP contribution in [0.3, 0.4) is 0 Å². The largest absolute Gasteiger partial charge is 0.495 e. The molecule has 0 bridgehead atoms. The standard InChI is InChI=1S/C21H25ClN2O4/c1-5-27-20-9-14-8-12(2)28-19(14)11-17(20)23-13(3)21(25)24-16-10-15(22)6-7-18(16)26-4/h6-7,9-13,23H,5,8H2,1-4H3,(H,24,25)/t12-,13+/m0/s1. The number of anilines is 2. The van der Waals surface area contributed by atoms with Crippen LogP contribution in [-0.2, 0) is 11.2 Å². The number of nitrogens with one attached hydrogen (secondary N) is 2. The molecule has 0 unspecified atom stereocenters. The number of hydrogen-bond donors (Lipinski definition) is 2. The molecule has 0 spiro atoms. The maximum Gasteiger partial charge on any atom is 0.246 e. The summed E-state index contributed by atoms with van der Waals surface area (Å²) in [6.45, 7) is 6.27. The van der Waals surface area contributed by atoms with Crippen molar-refractivity contribution in [2.75, 3.05) is 24.4 Å². The molecule has 0 radical (unpaired) electrons. The van der Waals surface area contributed by atoms with E-state index in [2.05, 4.69) is 10.6 Å². The molecule has 2 aromatic rings. The third-order valence-corrected chi connectivity index (χ3v) is 4.72. The summed E-state index contributed by atoms with van der Waals surface area (Å²) in [6, 6.07) is 8.42. The van der Waals surface area contributed by atoms with Gasteiger partial charge in [-0.15, -0.1) is 0 Å². The minimum absolute atomic E-state index is 0.135. The molecular weight excluding hydrogens is 380 g/mol. The van der Waals surface area contributed by atoms with Crippen LogP contribution in [0.5, 0.6) is 17.2 Å². The van der Waals surface area contributed by atoms with Gasteiger partial charge in [0.25, 0.3) is 0 Å². The van der Waals surface area contributed by atoms with Gasteiger partial charge in [-0.2, -0.15) is 0 Å². The lowest BCUT2D eigenvalue weighted by molar-refractivity contribution is -0.116. The van der Waals surface area contributed by atoms with E-state index < -0.39 is 6.04 Å². The van der Waals surface area contributed by atoms with Gasteiger partial charge in [0, 0.05) is 23.1 Å². The molecule has 28 heavy (non-hydrogen) atoms. The first kappa shape index (κ1) is 20.1. The molecule has 7 heteroatoms. The smallest absolute Gasteiger partial charge is 0.246 e. The van der Waals surface area contributed by atoms with Gasteiger partial charge in [-0.05, 0) is 45.0 Å². The van der Waals surface area contributed by atoms with Gasteiger partial charge in [0.1, 0.15) is 29.4 Å². The van der Waals surface area contributed by atoms with Crippen molar-refractivity contribution in [1.29, 1.82) is 0 Å². The summed E-state index contributed by atoms with van der Waals surface area (Å²) >= 11 is 6.04. The molecule has 2 atom stereocenters. The highest BCUT2D eigenvalue weighted by Crippen LogP contribution is 2.38. The van der Waals surface area contributed by atoms with Crippen molar-refractivity contribution in [3.05, 3.63) is 40.9 Å². The summed E-state index contributed by atoms with van der Waals surface area (Å²) in [4.78, 5) is 12.7. The zero-order chi connectivity index (χ0) is 20.3. The number of ether oxygens (including phenoxy) is 3. The molecule has 0 aromatic heterocycles. The van der Waals surface area contributed by atoms with Crippen molar-refractivity contribution in [2.24, 2.45) is 0 Å². The minimum Gasteiger partial charge on any atom is -0.495 e. The van der Waals surface area contributed by atoms with Crippen LogP contribution in [0.15, 0.2) is 30.3 Å². The fourth-order valence-corrected chi connectivity index (χ4v) is 3.32. The number of amides is 1. The first-order chi connectivity index (χ1) is 13.4. The summed E-state index contributed by atoms with van der Waals surface area (Å²) in [5.41, 5.74) is 2.35. The molecule has 2 aromatic carbocycles. The van der Waals surface area contributed by atoms with Gasteiger partial charge in [0.2, 0.25) is 5.91 Å². The zero-order valence-corrected chi connectivity index (χ0v) is 17.2. The Morgan fingerprint density at radius 3 is 2.79 bits per heavy atom. The van der Waals surface area contributed by atoms with Crippen LogP contribution in [-0.4, -0.2) is 31.8 Å². The third-order valence-electron chi connectivity index (χ3n) is 4.48. The molecule has 0 fully saturated rings. The fraction of sp³-hybridized carbons (Fsp3) is 0.381. The van der Waals surface area contributed by atoms with Crippen molar-refractivity contribution in [1.82, 2.24) is 0 Å². The van der Waals surface area contributed by atoms with Gasteiger partial charge < -0.3 is 24.8 Å². The number of rotatable bonds is 7. The maximum absolute atomic E-state index is 12.7. The molecular formula is C21H25ClN2O4. The van der Waals surface area contributed by atoms with Gasteiger partial charge in [-0.3, -0.25) is 4.79 Å². The first-order valence-corrected chi connectivity index (χ1v) is 9.66. The van der Waals surface area contributed by atoms with Crippen LogP contribution in [0.25, 0.3) is 0 Å². The van der Waals surface area contributed by atoms with Gasteiger partial charge in [0.15, 0.2) is 0 Å². The van der Waals surface area contributed by atoms with E-state index in [4.69, 9.17) is 25.8 Å². The summed E-state index contributed by atoms with van der Waals surface area (Å²) < 4.78 is 16.9. The van der Waals surface area contributed by atoms with Crippen molar-refractivity contribution in [3.63, 3.8) is 0 Å². The van der Waals surface area contributed by atoms with Crippen LogP contribution in [0.1, 0.15) is 26.3 Å². The van der Waals surface area contributed by atoms with Gasteiger partial charge in [0.05, 0.1) is 25.1 Å². The highest BCUT2D eigenvalue weighted by atomic mass is 35.5. The Bertz CT molecular complexity index is 872. The summed E-state index contributed by atoms with van der Waals surface area (Å²) in [6.07, 6.45) is 0.982. The van der Waals surface area contributed by atoms with E-state index in [1.54, 1.807) is 32.2 Å². The van der Waals surface area contributed by atoms with E-state index in [9.17, 15) is 4.79 Å². The van der Waals surface area contributed by atoms with Crippen LogP contribution >= 0.6 is 11.6 Å². The maximum atomic E-state index is 12.7. The lowest BCUT2D eigenvalue weighted by atomic mass is 10.1. The number of methoxy groups -OCH3 is 1. The average Bonchev–Trinajstić information content (AvgIpc) is 3.01. The van der Waals surface area contributed by atoms with E-state index in [0.29, 0.717) is 28.8 Å². The predicted octanol–water partition coefficient (Wildman–Crippen LogP) is 4.51. The Kier molecular flexibility index (Phi) is 6.19. The number of benzene rings is 2. The lowest BCUT2D eigenvalue weighted by Crippen LogP contribution is -2.32. The molecule has 1 aliphatic rings. The second kappa shape index (κ2) is 8.61. The highest BCUT2D eigenvalue weighted by molar-refractivity contribution is 6.31. The van der Waals surface area contributed by atoms with Gasteiger partial charge >= 0.3 is 0 Å². The normalized spacial score (nSPS) is 16.0. The Balaban J connectivity index is 1.77. The van der Waals surface area contributed by atoms with Crippen LogP contribution in [0.2, 0.25) is 5.02 Å². The Morgan fingerprint density at radius 1 is 1.29 bits per heavy atom. The Hall–Kier alpha value is -2.60. The minimum atomic E-state index is -0.528. The third kappa shape index (κ3) is 4.44. The topological polar surface area (TPSA) is 68.8 Å². The van der Waals surface area contributed by atoms with Crippen LogP contribution in [0, 0.1) is 0 Å². The quantitative estimate of drug-likeness (QED) is 0.710. The van der Waals surface area contributed by atoms with Gasteiger partial charge in [-0.1, -0.05) is 11.6 Å². The number of halogens is 1. The van der Waals surface area contributed by atoms with Crippen molar-refractivity contribution < 1.29 is 19.0 Å². The monoisotopic (exact) mass is 404 g/mol. The Labute approximate surface area is 170 Å². The second-order valence-corrected chi connectivity index (χ2v) is 7.16. The second-order valence-electron chi connectivity index (χ2n) is 6.72. The van der Waals surface area contributed by atoms with E-state index in [-0.39, 0.29) is 12.0 Å². The molecule has 6 nitrogen and oxygen atoms in total. The molecule has 3 rings (SSSR count). The highest BCUT2D eigenvalue weighted by Gasteiger charge is 2.23. The number of carbonyl (C=O) groups is 1. The molecule has 1 amide bonds. The van der Waals surface area contributed by atoms with Crippen molar-refractivity contribution in [2.45, 2.75) is 39.3 Å². The van der Waals surface area contributed by atoms with Crippen molar-refractivity contribution in [3.8, 4) is 17.2 Å². The van der Waals surface area contributed by atoms with Crippen LogP contribution < -0.4 is 24.8 Å². The first-order valence-electron chi connectivity index (χ1n) is 9.28. The lowest BCUT2D eigenvalue weighted by Gasteiger charge is -2.19. The van der Waals surface area contributed by atoms with E-state index in [1.807, 2.05) is 26.0 Å². The van der Waals surface area contributed by atoms with Crippen LogP contribution in [0.4, 0.5) is 11.4 Å². The molecule has 0 aliphatic carbocycles. The summed E-state index contributed by atoms with van der Waals surface area (Å²) in [5, 5.41) is 6.59.